The average molecular weight is 355 g/mol. The molecule has 0 bridgehead atoms. The number of hydrogen-bond acceptors (Lipinski definition) is 5. The van der Waals surface area contributed by atoms with Crippen LogP contribution in [0.3, 0.4) is 0 Å². The third-order valence-electron chi connectivity index (χ3n) is 4.64. The zero-order valence-corrected chi connectivity index (χ0v) is 14.7. The van der Waals surface area contributed by atoms with E-state index in [9.17, 15) is 23.4 Å². The van der Waals surface area contributed by atoms with Crippen LogP contribution in [-0.4, -0.2) is 67.2 Å². The van der Waals surface area contributed by atoms with Gasteiger partial charge in [-0.15, -0.1) is 0 Å². The molecule has 1 heterocycles. The highest BCUT2D eigenvalue weighted by Gasteiger charge is 2.43. The molecule has 7 heteroatoms. The van der Waals surface area contributed by atoms with E-state index in [1.165, 1.54) is 0 Å². The Morgan fingerprint density at radius 1 is 1.33 bits per heavy atom. The predicted molar refractivity (Wildman–Crippen MR) is 91.2 cm³/mol. The highest BCUT2D eigenvalue weighted by molar-refractivity contribution is 7.90. The van der Waals surface area contributed by atoms with Gasteiger partial charge in [-0.25, -0.2) is 8.42 Å². The molecule has 0 saturated carbocycles. The molecule has 2 atom stereocenters. The number of piperidine rings is 1. The van der Waals surface area contributed by atoms with Gasteiger partial charge in [-0.05, 0) is 18.4 Å². The van der Waals surface area contributed by atoms with Gasteiger partial charge in [0.15, 0.2) is 0 Å². The first kappa shape index (κ1) is 18.9. The quantitative estimate of drug-likeness (QED) is 0.762. The fourth-order valence-electron chi connectivity index (χ4n) is 3.18. The van der Waals surface area contributed by atoms with E-state index in [0.29, 0.717) is 19.4 Å². The molecule has 1 aromatic carbocycles. The van der Waals surface area contributed by atoms with Crippen LogP contribution in [0.15, 0.2) is 30.3 Å². The van der Waals surface area contributed by atoms with Crippen molar-refractivity contribution in [2.45, 2.75) is 25.4 Å². The largest absolute Gasteiger partial charge is 0.396 e. The fourth-order valence-corrected chi connectivity index (χ4v) is 3.73. The Morgan fingerprint density at radius 3 is 2.58 bits per heavy atom. The number of aliphatic hydroxyl groups excluding tert-OH is 2. The van der Waals surface area contributed by atoms with Gasteiger partial charge in [0.05, 0.1) is 18.5 Å². The molecule has 1 aliphatic rings. The van der Waals surface area contributed by atoms with E-state index in [2.05, 4.69) is 0 Å². The molecule has 0 radical (unpaired) electrons. The van der Waals surface area contributed by atoms with E-state index in [1.54, 1.807) is 4.90 Å². The summed E-state index contributed by atoms with van der Waals surface area (Å²) in [7, 11) is -3.20. The van der Waals surface area contributed by atoms with Crippen LogP contribution in [-0.2, 0) is 21.1 Å². The summed E-state index contributed by atoms with van der Waals surface area (Å²) in [6.07, 6.45) is 1.16. The maximum atomic E-state index is 12.3. The molecule has 0 unspecified atom stereocenters. The molecular weight excluding hydrogens is 330 g/mol. The highest BCUT2D eigenvalue weighted by atomic mass is 32.2. The Hall–Kier alpha value is -1.44. The summed E-state index contributed by atoms with van der Waals surface area (Å²) in [6.45, 7) is 0.362. The molecule has 6 nitrogen and oxygen atoms in total. The second-order valence-electron chi connectivity index (χ2n) is 6.68. The molecule has 1 amide bonds. The number of benzene rings is 1. The summed E-state index contributed by atoms with van der Waals surface area (Å²) < 4.78 is 22.5. The van der Waals surface area contributed by atoms with Gasteiger partial charge in [0, 0.05) is 31.2 Å². The van der Waals surface area contributed by atoms with Crippen molar-refractivity contribution < 1.29 is 23.4 Å². The van der Waals surface area contributed by atoms with Crippen LogP contribution in [0.4, 0.5) is 0 Å². The van der Waals surface area contributed by atoms with E-state index in [4.69, 9.17) is 0 Å². The van der Waals surface area contributed by atoms with Crippen molar-refractivity contribution in [2.24, 2.45) is 5.41 Å². The van der Waals surface area contributed by atoms with E-state index in [0.717, 1.165) is 11.8 Å². The predicted octanol–water partition coefficient (Wildman–Crippen LogP) is 0.236. The number of amides is 1. The Balaban J connectivity index is 2.11. The molecule has 1 saturated heterocycles. The average Bonchev–Trinajstić information content (AvgIpc) is 2.55. The second kappa shape index (κ2) is 7.63. The number of nitrogens with zero attached hydrogens (tertiary/aromatic N) is 1. The van der Waals surface area contributed by atoms with Crippen LogP contribution in [0.25, 0.3) is 0 Å². The molecule has 1 aromatic rings. The Labute approximate surface area is 143 Å². The minimum absolute atomic E-state index is 0.0677. The van der Waals surface area contributed by atoms with Gasteiger partial charge in [-0.2, -0.15) is 0 Å². The van der Waals surface area contributed by atoms with E-state index in [1.807, 2.05) is 30.3 Å². The van der Waals surface area contributed by atoms with Crippen LogP contribution < -0.4 is 0 Å². The molecule has 24 heavy (non-hydrogen) atoms. The Morgan fingerprint density at radius 2 is 2.00 bits per heavy atom. The number of carbonyl (C=O) groups excluding carboxylic acids is 1. The first-order chi connectivity index (χ1) is 11.3. The maximum absolute atomic E-state index is 12.3. The van der Waals surface area contributed by atoms with E-state index < -0.39 is 21.4 Å². The van der Waals surface area contributed by atoms with Crippen molar-refractivity contribution in [3.05, 3.63) is 35.9 Å². The third-order valence-corrected chi connectivity index (χ3v) is 5.58. The zero-order valence-electron chi connectivity index (χ0n) is 13.9. The van der Waals surface area contributed by atoms with Crippen molar-refractivity contribution >= 4 is 15.7 Å². The summed E-state index contributed by atoms with van der Waals surface area (Å²) in [5.74, 6) is -0.436. The number of hydrogen-bond donors (Lipinski definition) is 2. The molecule has 0 aliphatic carbocycles. The van der Waals surface area contributed by atoms with E-state index in [-0.39, 0.29) is 31.2 Å². The molecule has 2 rings (SSSR count). The zero-order chi connectivity index (χ0) is 17.8. The summed E-state index contributed by atoms with van der Waals surface area (Å²) in [5, 5.41) is 20.4. The minimum atomic E-state index is -3.20. The summed E-state index contributed by atoms with van der Waals surface area (Å²) in [5.41, 5.74) is 0.163. The van der Waals surface area contributed by atoms with Gasteiger partial charge in [0.2, 0.25) is 5.91 Å². The van der Waals surface area contributed by atoms with Crippen LogP contribution in [0.2, 0.25) is 0 Å². The maximum Gasteiger partial charge on any atom is 0.223 e. The summed E-state index contributed by atoms with van der Waals surface area (Å²) >= 11 is 0. The molecule has 1 fully saturated rings. The SMILES string of the molecule is CS(=O)(=O)CCC(=O)N1CC[C@H](O)[C@](CO)(Cc2ccccc2)C1. The van der Waals surface area contributed by atoms with Gasteiger partial charge in [-0.3, -0.25) is 4.79 Å². The lowest BCUT2D eigenvalue weighted by Crippen LogP contribution is -2.56. The Kier molecular flexibility index (Phi) is 6.01. The van der Waals surface area contributed by atoms with Crippen LogP contribution >= 0.6 is 0 Å². The molecular formula is C17H25NO5S. The number of carbonyl (C=O) groups is 1. The monoisotopic (exact) mass is 355 g/mol. The van der Waals surface area contributed by atoms with Crippen LogP contribution in [0, 0.1) is 5.41 Å². The lowest BCUT2D eigenvalue weighted by molar-refractivity contribution is -0.141. The van der Waals surface area contributed by atoms with E-state index >= 15 is 0 Å². The highest BCUT2D eigenvalue weighted by Crippen LogP contribution is 2.34. The van der Waals surface area contributed by atoms with Crippen molar-refractivity contribution in [1.29, 1.82) is 0 Å². The van der Waals surface area contributed by atoms with Gasteiger partial charge in [0.25, 0.3) is 0 Å². The van der Waals surface area contributed by atoms with Crippen molar-refractivity contribution in [2.75, 3.05) is 31.7 Å². The smallest absolute Gasteiger partial charge is 0.223 e. The number of rotatable bonds is 6. The van der Waals surface area contributed by atoms with Gasteiger partial charge < -0.3 is 15.1 Å². The number of likely N-dealkylation sites (tertiary alicyclic amines) is 1. The van der Waals surface area contributed by atoms with Crippen molar-refractivity contribution in [3.63, 3.8) is 0 Å². The third kappa shape index (κ3) is 4.78. The minimum Gasteiger partial charge on any atom is -0.396 e. The van der Waals surface area contributed by atoms with Gasteiger partial charge in [0.1, 0.15) is 9.84 Å². The second-order valence-corrected chi connectivity index (χ2v) is 8.94. The normalized spacial score (nSPS) is 24.8. The standard InChI is InChI=1S/C17H25NO5S/c1-24(22,23)10-8-16(21)18-9-7-15(20)17(12-18,13-19)11-14-5-3-2-4-6-14/h2-6,15,19-20H,7-13H2,1H3/t15-,17+/m0/s1. The number of sulfone groups is 1. The van der Waals surface area contributed by atoms with Gasteiger partial charge in [-0.1, -0.05) is 30.3 Å². The topological polar surface area (TPSA) is 94.9 Å². The van der Waals surface area contributed by atoms with Crippen molar-refractivity contribution in [3.8, 4) is 0 Å². The summed E-state index contributed by atoms with van der Waals surface area (Å²) in [4.78, 5) is 13.9. The van der Waals surface area contributed by atoms with Gasteiger partial charge >= 0.3 is 0 Å². The first-order valence-electron chi connectivity index (χ1n) is 8.04. The lowest BCUT2D eigenvalue weighted by Gasteiger charge is -2.45. The fraction of sp³-hybridized carbons (Fsp3) is 0.588. The molecule has 134 valence electrons. The molecule has 2 N–H and O–H groups in total. The van der Waals surface area contributed by atoms with Crippen LogP contribution in [0.1, 0.15) is 18.4 Å². The molecule has 0 spiro atoms. The number of aliphatic hydroxyl groups is 2. The van der Waals surface area contributed by atoms with Crippen LogP contribution in [0.5, 0.6) is 0 Å². The molecule has 0 aromatic heterocycles. The summed E-state index contributed by atoms with van der Waals surface area (Å²) in [6, 6.07) is 9.53. The first-order valence-corrected chi connectivity index (χ1v) is 10.1. The Bertz CT molecular complexity index is 661. The lowest BCUT2D eigenvalue weighted by atomic mass is 9.73. The molecule has 1 aliphatic heterocycles. The van der Waals surface area contributed by atoms with Crippen molar-refractivity contribution in [1.82, 2.24) is 4.90 Å².